The first-order valence-corrected chi connectivity index (χ1v) is 9.38. The van der Waals surface area contributed by atoms with Crippen LogP contribution in [0.1, 0.15) is 31.4 Å². The number of hydrogen-bond acceptors (Lipinski definition) is 7. The van der Waals surface area contributed by atoms with E-state index in [1.54, 1.807) is 22.3 Å². The van der Waals surface area contributed by atoms with Crippen LogP contribution in [0.4, 0.5) is 5.13 Å². The summed E-state index contributed by atoms with van der Waals surface area (Å²) in [4.78, 5) is 38.4. The molecule has 0 unspecified atom stereocenters. The third-order valence-electron chi connectivity index (χ3n) is 4.74. The van der Waals surface area contributed by atoms with Gasteiger partial charge in [-0.25, -0.2) is 14.5 Å². The molecule has 2 amide bonds. The Hall–Kier alpha value is -3.01. The predicted molar refractivity (Wildman–Crippen MR) is 101 cm³/mol. The van der Waals surface area contributed by atoms with Crippen molar-refractivity contribution >= 4 is 33.9 Å². The van der Waals surface area contributed by atoms with Gasteiger partial charge in [0.05, 0.1) is 11.9 Å². The van der Waals surface area contributed by atoms with Crippen molar-refractivity contribution in [2.45, 2.75) is 13.8 Å². The van der Waals surface area contributed by atoms with Gasteiger partial charge in [-0.2, -0.15) is 5.10 Å². The molecule has 0 saturated carbocycles. The largest absolute Gasteiger partial charge is 0.365 e. The van der Waals surface area contributed by atoms with Crippen molar-refractivity contribution < 1.29 is 9.59 Å². The van der Waals surface area contributed by atoms with E-state index >= 15 is 0 Å². The van der Waals surface area contributed by atoms with Gasteiger partial charge in [0.1, 0.15) is 11.3 Å². The summed E-state index contributed by atoms with van der Waals surface area (Å²) in [6.07, 6.45) is 2.83. The maximum absolute atomic E-state index is 13.0. The Bertz CT molecular complexity index is 1010. The van der Waals surface area contributed by atoms with Crippen molar-refractivity contribution in [1.29, 1.82) is 0 Å². The number of nitrogens with zero attached hydrogens (tertiary/aromatic N) is 6. The number of anilines is 1. The highest BCUT2D eigenvalue weighted by molar-refractivity contribution is 7.15. The number of thiazole rings is 1. The Labute approximate surface area is 159 Å². The van der Waals surface area contributed by atoms with Crippen molar-refractivity contribution in [2.24, 2.45) is 5.73 Å². The molecule has 1 saturated heterocycles. The van der Waals surface area contributed by atoms with Crippen LogP contribution < -0.4 is 10.6 Å². The van der Waals surface area contributed by atoms with Gasteiger partial charge in [0.15, 0.2) is 10.8 Å². The van der Waals surface area contributed by atoms with E-state index in [-0.39, 0.29) is 11.5 Å². The molecule has 0 bridgehead atoms. The number of amides is 2. The number of aromatic nitrogens is 4. The molecule has 140 valence electrons. The summed E-state index contributed by atoms with van der Waals surface area (Å²) in [7, 11) is 0. The molecule has 0 aromatic carbocycles. The predicted octanol–water partition coefficient (Wildman–Crippen LogP) is 0.864. The Balaban J connectivity index is 1.53. The third kappa shape index (κ3) is 3.01. The second kappa shape index (κ2) is 6.62. The van der Waals surface area contributed by atoms with E-state index in [1.165, 1.54) is 21.8 Å². The number of piperazine rings is 1. The van der Waals surface area contributed by atoms with E-state index in [2.05, 4.69) is 26.9 Å². The third-order valence-corrected chi connectivity index (χ3v) is 5.87. The second-order valence-corrected chi connectivity index (χ2v) is 7.59. The number of hydrogen-bond donors (Lipinski definition) is 1. The highest BCUT2D eigenvalue weighted by Gasteiger charge is 2.26. The van der Waals surface area contributed by atoms with Crippen molar-refractivity contribution in [1.82, 2.24) is 24.5 Å². The average molecular weight is 385 g/mol. The van der Waals surface area contributed by atoms with Gasteiger partial charge in [-0.15, -0.1) is 11.3 Å². The number of aryl methyl sites for hydroxylation is 2. The van der Waals surface area contributed by atoms with Crippen LogP contribution >= 0.6 is 11.3 Å². The molecule has 4 rings (SSSR count). The number of carbonyl (C=O) groups is 2. The molecule has 1 aliphatic rings. The van der Waals surface area contributed by atoms with E-state index < -0.39 is 5.91 Å². The molecule has 27 heavy (non-hydrogen) atoms. The Kier molecular flexibility index (Phi) is 4.27. The molecule has 4 heterocycles. The van der Waals surface area contributed by atoms with Gasteiger partial charge in [0.2, 0.25) is 0 Å². The number of fused-ring (bicyclic) bond motifs is 1. The summed E-state index contributed by atoms with van der Waals surface area (Å²) in [5.74, 6) is -0.766. The number of rotatable bonds is 3. The molecule has 0 aliphatic carbocycles. The van der Waals surface area contributed by atoms with Crippen molar-refractivity contribution in [2.75, 3.05) is 31.1 Å². The van der Waals surface area contributed by atoms with E-state index in [1.807, 2.05) is 6.92 Å². The summed E-state index contributed by atoms with van der Waals surface area (Å²) in [6.45, 7) is 6.69. The Morgan fingerprint density at radius 1 is 1.19 bits per heavy atom. The molecule has 1 aliphatic heterocycles. The van der Waals surface area contributed by atoms with E-state index in [0.717, 1.165) is 23.9 Å². The molecule has 9 nitrogen and oxygen atoms in total. The lowest BCUT2D eigenvalue weighted by molar-refractivity contribution is 0.0737. The molecule has 10 heteroatoms. The van der Waals surface area contributed by atoms with Crippen LogP contribution in [0.3, 0.4) is 0 Å². The van der Waals surface area contributed by atoms with Gasteiger partial charge in [-0.1, -0.05) is 0 Å². The zero-order valence-corrected chi connectivity index (χ0v) is 15.9. The van der Waals surface area contributed by atoms with Gasteiger partial charge < -0.3 is 15.5 Å². The van der Waals surface area contributed by atoms with Crippen LogP contribution in [0, 0.1) is 13.8 Å². The average Bonchev–Trinajstić information content (AvgIpc) is 3.25. The van der Waals surface area contributed by atoms with Crippen LogP contribution in [0.25, 0.3) is 5.65 Å². The first-order valence-electron chi connectivity index (χ1n) is 8.56. The SMILES string of the molecule is Cc1nc(N2CCN(C(=O)c3ccnc4c(C(N)=O)cnn34)CC2)sc1C. The fourth-order valence-corrected chi connectivity index (χ4v) is 4.04. The standard InChI is InChI=1S/C17H19N7O2S/c1-10-11(2)27-17(21-10)23-7-5-22(6-8-23)16(26)13-3-4-19-15-12(14(18)25)9-20-24(13)15/h3-4,9H,5-8H2,1-2H3,(H2,18,25). The minimum absolute atomic E-state index is 0.146. The van der Waals surface area contributed by atoms with Gasteiger partial charge in [0.25, 0.3) is 11.8 Å². The monoisotopic (exact) mass is 385 g/mol. The van der Waals surface area contributed by atoms with E-state index in [4.69, 9.17) is 5.73 Å². The van der Waals surface area contributed by atoms with Crippen LogP contribution in [0.15, 0.2) is 18.5 Å². The fourth-order valence-electron chi connectivity index (χ4n) is 3.08. The molecule has 0 radical (unpaired) electrons. The zero-order valence-electron chi connectivity index (χ0n) is 15.0. The molecular weight excluding hydrogens is 366 g/mol. The number of carbonyl (C=O) groups excluding carboxylic acids is 2. The molecule has 3 aromatic heterocycles. The summed E-state index contributed by atoms with van der Waals surface area (Å²) in [5, 5.41) is 5.12. The minimum Gasteiger partial charge on any atom is -0.365 e. The summed E-state index contributed by atoms with van der Waals surface area (Å²) in [6, 6.07) is 1.60. The lowest BCUT2D eigenvalue weighted by atomic mass is 10.2. The van der Waals surface area contributed by atoms with E-state index in [0.29, 0.717) is 24.4 Å². The lowest BCUT2D eigenvalue weighted by Gasteiger charge is -2.34. The maximum atomic E-state index is 13.0. The highest BCUT2D eigenvalue weighted by Crippen LogP contribution is 2.26. The fraction of sp³-hybridized carbons (Fsp3) is 0.353. The Morgan fingerprint density at radius 3 is 2.56 bits per heavy atom. The van der Waals surface area contributed by atoms with Crippen LogP contribution in [-0.2, 0) is 0 Å². The van der Waals surface area contributed by atoms with Crippen molar-refractivity contribution in [3.8, 4) is 0 Å². The van der Waals surface area contributed by atoms with Crippen molar-refractivity contribution in [3.63, 3.8) is 0 Å². The zero-order chi connectivity index (χ0) is 19.1. The van der Waals surface area contributed by atoms with Gasteiger partial charge in [-0.3, -0.25) is 9.59 Å². The first-order chi connectivity index (χ1) is 13.0. The molecule has 2 N–H and O–H groups in total. The molecule has 3 aromatic rings. The summed E-state index contributed by atoms with van der Waals surface area (Å²) in [5.41, 5.74) is 7.24. The maximum Gasteiger partial charge on any atom is 0.272 e. The van der Waals surface area contributed by atoms with Crippen molar-refractivity contribution in [3.05, 3.63) is 40.3 Å². The van der Waals surface area contributed by atoms with Crippen LogP contribution in [0.2, 0.25) is 0 Å². The molecule has 0 spiro atoms. The lowest BCUT2D eigenvalue weighted by Crippen LogP contribution is -2.49. The van der Waals surface area contributed by atoms with Crippen LogP contribution in [0.5, 0.6) is 0 Å². The van der Waals surface area contributed by atoms with Gasteiger partial charge in [0, 0.05) is 37.3 Å². The smallest absolute Gasteiger partial charge is 0.272 e. The molecule has 0 atom stereocenters. The van der Waals surface area contributed by atoms with Crippen LogP contribution in [-0.4, -0.2) is 62.5 Å². The Morgan fingerprint density at radius 2 is 1.93 bits per heavy atom. The van der Waals surface area contributed by atoms with Gasteiger partial charge >= 0.3 is 0 Å². The highest BCUT2D eigenvalue weighted by atomic mass is 32.1. The normalized spacial score (nSPS) is 14.7. The number of nitrogens with two attached hydrogens (primary N) is 1. The minimum atomic E-state index is -0.621. The van der Waals surface area contributed by atoms with E-state index in [9.17, 15) is 9.59 Å². The molecule has 1 fully saturated rings. The topological polar surface area (TPSA) is 110 Å². The molecular formula is C17H19N7O2S. The first kappa shape index (κ1) is 17.4. The quantitative estimate of drug-likeness (QED) is 0.716. The second-order valence-electron chi connectivity index (χ2n) is 6.41. The summed E-state index contributed by atoms with van der Waals surface area (Å²) >= 11 is 1.68. The summed E-state index contributed by atoms with van der Waals surface area (Å²) < 4.78 is 1.38. The van der Waals surface area contributed by atoms with Gasteiger partial charge in [-0.05, 0) is 19.9 Å². The number of primary amides is 1.